The molecular formula is C22H26F2N6. The second-order valence-corrected chi connectivity index (χ2v) is 8.11. The molecule has 1 aromatic heterocycles. The number of piperazine rings is 1. The van der Waals surface area contributed by atoms with Gasteiger partial charge in [-0.3, -0.25) is 4.90 Å². The highest BCUT2D eigenvalue weighted by molar-refractivity contribution is 5.65. The number of nitrogens with zero attached hydrogens (tertiary/aromatic N) is 5. The van der Waals surface area contributed by atoms with Gasteiger partial charge >= 0.3 is 0 Å². The van der Waals surface area contributed by atoms with Gasteiger partial charge in [-0.05, 0) is 55.8 Å². The third-order valence-corrected chi connectivity index (χ3v) is 6.01. The lowest BCUT2D eigenvalue weighted by Gasteiger charge is -2.35. The number of nitrogens with one attached hydrogen (secondary N) is 1. The summed E-state index contributed by atoms with van der Waals surface area (Å²) in [7, 11) is 0. The first-order chi connectivity index (χ1) is 14.5. The number of likely N-dealkylation sites (N-methyl/N-ethyl adjacent to an activating group) is 1. The number of rotatable bonds is 5. The molecule has 30 heavy (non-hydrogen) atoms. The van der Waals surface area contributed by atoms with Crippen LogP contribution in [0.25, 0.3) is 5.69 Å². The molecule has 0 radical (unpaired) electrons. The van der Waals surface area contributed by atoms with E-state index in [2.05, 4.69) is 51.2 Å². The van der Waals surface area contributed by atoms with E-state index < -0.39 is 11.6 Å². The van der Waals surface area contributed by atoms with Crippen LogP contribution < -0.4 is 10.2 Å². The predicted octanol–water partition coefficient (Wildman–Crippen LogP) is 4.13. The molecular weight excluding hydrogens is 386 g/mol. The summed E-state index contributed by atoms with van der Waals surface area (Å²) >= 11 is 0. The Balaban J connectivity index is 0.00000231. The summed E-state index contributed by atoms with van der Waals surface area (Å²) in [6.07, 6.45) is 2.66. The van der Waals surface area contributed by atoms with Gasteiger partial charge in [0.05, 0.1) is 5.69 Å². The zero-order valence-electron chi connectivity index (χ0n) is 17.0. The lowest BCUT2D eigenvalue weighted by molar-refractivity contribution is 0.251. The summed E-state index contributed by atoms with van der Waals surface area (Å²) in [5.74, 6) is -0.934. The highest BCUT2D eigenvalue weighted by Crippen LogP contribution is 2.36. The second kappa shape index (κ2) is 7.36. The Morgan fingerprint density at radius 1 is 1.03 bits per heavy atom. The van der Waals surface area contributed by atoms with Gasteiger partial charge in [-0.1, -0.05) is 6.92 Å². The Hall–Kier alpha value is -3.00. The van der Waals surface area contributed by atoms with Gasteiger partial charge in [0.15, 0.2) is 0 Å². The molecule has 3 heterocycles. The molecule has 2 unspecified atom stereocenters. The van der Waals surface area contributed by atoms with Crippen molar-refractivity contribution in [3.8, 4) is 5.69 Å². The Bertz CT molecular complexity index is 1070. The molecule has 158 valence electrons. The minimum Gasteiger partial charge on any atom is -0.366 e. The number of likely N-dealkylation sites (tertiary alicyclic amines) is 1. The number of anilines is 3. The van der Waals surface area contributed by atoms with Crippen molar-refractivity contribution in [1.29, 1.82) is 0 Å². The van der Waals surface area contributed by atoms with Crippen LogP contribution in [-0.2, 0) is 0 Å². The van der Waals surface area contributed by atoms with Gasteiger partial charge in [-0.2, -0.15) is 4.98 Å². The van der Waals surface area contributed by atoms with Crippen molar-refractivity contribution < 1.29 is 10.2 Å². The van der Waals surface area contributed by atoms with Crippen LogP contribution >= 0.6 is 0 Å². The van der Waals surface area contributed by atoms with Crippen molar-refractivity contribution >= 4 is 17.3 Å². The zero-order valence-corrected chi connectivity index (χ0v) is 17.0. The summed E-state index contributed by atoms with van der Waals surface area (Å²) in [5, 5.41) is 7.54. The smallest absolute Gasteiger partial charge is 0.246 e. The first kappa shape index (κ1) is 19.0. The minimum absolute atomic E-state index is 0. The monoisotopic (exact) mass is 412 g/mol. The Kier molecular flexibility index (Phi) is 4.66. The molecule has 2 aliphatic rings. The average Bonchev–Trinajstić information content (AvgIpc) is 3.42. The van der Waals surface area contributed by atoms with Crippen molar-refractivity contribution in [2.75, 3.05) is 29.9 Å². The molecule has 1 N–H and O–H groups in total. The molecule has 2 bridgehead atoms. The molecule has 2 atom stereocenters. The molecule has 0 amide bonds. The van der Waals surface area contributed by atoms with E-state index in [1.807, 2.05) is 6.07 Å². The summed E-state index contributed by atoms with van der Waals surface area (Å²) < 4.78 is 28.3. The lowest BCUT2D eigenvalue weighted by Crippen LogP contribution is -2.46. The molecule has 0 aliphatic carbocycles. The van der Waals surface area contributed by atoms with Crippen LogP contribution in [0.5, 0.6) is 0 Å². The normalized spacial score (nSPS) is 20.9. The van der Waals surface area contributed by atoms with E-state index in [0.717, 1.165) is 37.0 Å². The van der Waals surface area contributed by atoms with Gasteiger partial charge in [-0.25, -0.2) is 13.5 Å². The molecule has 0 saturated carbocycles. The van der Waals surface area contributed by atoms with Gasteiger partial charge in [0.2, 0.25) is 5.95 Å². The largest absolute Gasteiger partial charge is 0.366 e. The van der Waals surface area contributed by atoms with E-state index in [1.165, 1.54) is 35.3 Å². The van der Waals surface area contributed by atoms with Gasteiger partial charge in [-0.15, -0.1) is 5.10 Å². The van der Waals surface area contributed by atoms with E-state index >= 15 is 0 Å². The third-order valence-electron chi connectivity index (χ3n) is 6.01. The SMILES string of the molecule is CCN1CC2CC1CN2c1cc(C)cc(Nc2ncn(-c3cc(F)cc(F)c3)n2)c1.[HH]. The predicted molar refractivity (Wildman–Crippen MR) is 115 cm³/mol. The van der Waals surface area contributed by atoms with Crippen LogP contribution in [0.4, 0.5) is 26.1 Å². The molecule has 3 aromatic rings. The maximum atomic E-state index is 13.5. The van der Waals surface area contributed by atoms with E-state index in [9.17, 15) is 8.78 Å². The average molecular weight is 412 g/mol. The number of aryl methyl sites for hydroxylation is 1. The molecule has 2 saturated heterocycles. The van der Waals surface area contributed by atoms with Gasteiger partial charge in [0, 0.05) is 44.0 Å². The topological polar surface area (TPSA) is 49.2 Å². The molecule has 2 aliphatic heterocycles. The fourth-order valence-corrected chi connectivity index (χ4v) is 4.70. The summed E-state index contributed by atoms with van der Waals surface area (Å²) in [6.45, 7) is 7.58. The fourth-order valence-electron chi connectivity index (χ4n) is 4.70. The minimum atomic E-state index is -0.653. The van der Waals surface area contributed by atoms with Crippen molar-refractivity contribution in [3.63, 3.8) is 0 Å². The molecule has 6 nitrogen and oxygen atoms in total. The first-order valence-corrected chi connectivity index (χ1v) is 10.3. The lowest BCUT2D eigenvalue weighted by atomic mass is 10.1. The van der Waals surface area contributed by atoms with E-state index in [0.29, 0.717) is 18.0 Å². The van der Waals surface area contributed by atoms with Crippen molar-refractivity contribution in [3.05, 3.63) is 59.9 Å². The molecule has 2 aromatic carbocycles. The van der Waals surface area contributed by atoms with Crippen LogP contribution in [0.15, 0.2) is 42.7 Å². The van der Waals surface area contributed by atoms with Crippen LogP contribution in [0.2, 0.25) is 0 Å². The number of hydrogen-bond acceptors (Lipinski definition) is 5. The van der Waals surface area contributed by atoms with Gasteiger partial charge < -0.3 is 10.2 Å². The van der Waals surface area contributed by atoms with E-state index in [1.54, 1.807) is 0 Å². The number of hydrogen-bond donors (Lipinski definition) is 1. The summed E-state index contributed by atoms with van der Waals surface area (Å²) in [5.41, 5.74) is 3.53. The van der Waals surface area contributed by atoms with E-state index in [-0.39, 0.29) is 7.11 Å². The molecule has 0 spiro atoms. The highest BCUT2D eigenvalue weighted by atomic mass is 19.1. The standard InChI is InChI=1S/C22H24F2N6.H2/c1-3-28-11-21-10-20(28)12-29(21)18-5-14(2)4-17(9-18)26-22-25-13-30(27-22)19-7-15(23)6-16(24)8-19;/h4-9,13,20-21H,3,10-12H2,1-2H3,(H,26,27);1H. The second-order valence-electron chi connectivity index (χ2n) is 8.11. The number of fused-ring (bicyclic) bond motifs is 2. The van der Waals surface area contributed by atoms with E-state index in [4.69, 9.17) is 0 Å². The Labute approximate surface area is 175 Å². The molecule has 5 rings (SSSR count). The van der Waals surface area contributed by atoms with Gasteiger partial charge in [0.25, 0.3) is 0 Å². The third kappa shape index (κ3) is 3.52. The van der Waals surface area contributed by atoms with Gasteiger partial charge in [0.1, 0.15) is 18.0 Å². The summed E-state index contributed by atoms with van der Waals surface area (Å²) in [6, 6.07) is 10.8. The maximum Gasteiger partial charge on any atom is 0.246 e. The van der Waals surface area contributed by atoms with Crippen LogP contribution in [-0.4, -0.2) is 51.4 Å². The Morgan fingerprint density at radius 2 is 1.83 bits per heavy atom. The van der Waals surface area contributed by atoms with Crippen molar-refractivity contribution in [2.45, 2.75) is 32.4 Å². The zero-order chi connectivity index (χ0) is 20.8. The molecule has 8 heteroatoms. The maximum absolute atomic E-state index is 13.5. The highest BCUT2D eigenvalue weighted by Gasteiger charge is 2.42. The Morgan fingerprint density at radius 3 is 2.53 bits per heavy atom. The quantitative estimate of drug-likeness (QED) is 0.683. The van der Waals surface area contributed by atoms with Crippen LogP contribution in [0, 0.1) is 18.6 Å². The number of aromatic nitrogens is 3. The van der Waals surface area contributed by atoms with Crippen LogP contribution in [0.3, 0.4) is 0 Å². The van der Waals surface area contributed by atoms with Crippen molar-refractivity contribution in [1.82, 2.24) is 19.7 Å². The summed E-state index contributed by atoms with van der Waals surface area (Å²) in [4.78, 5) is 9.29. The number of halogens is 2. The van der Waals surface area contributed by atoms with Crippen LogP contribution in [0.1, 0.15) is 20.3 Å². The first-order valence-electron chi connectivity index (χ1n) is 10.3. The van der Waals surface area contributed by atoms with Crippen molar-refractivity contribution in [2.24, 2.45) is 0 Å². The number of benzene rings is 2. The molecule has 2 fully saturated rings. The fraction of sp³-hybridized carbons (Fsp3) is 0.364.